The maximum Gasteiger partial charge on any atom is 0.311 e. The van der Waals surface area contributed by atoms with E-state index >= 15 is 0 Å². The summed E-state index contributed by atoms with van der Waals surface area (Å²) in [5.41, 5.74) is 6.58. The topological polar surface area (TPSA) is 122 Å². The second-order valence-corrected chi connectivity index (χ2v) is 4.33. The van der Waals surface area contributed by atoms with Crippen LogP contribution < -0.4 is 5.73 Å². The molecule has 0 radical (unpaired) electrons. The molecule has 0 fully saturated rings. The van der Waals surface area contributed by atoms with Gasteiger partial charge in [-0.15, -0.1) is 0 Å². The van der Waals surface area contributed by atoms with Gasteiger partial charge in [-0.05, 0) is 0 Å². The van der Waals surface area contributed by atoms with Gasteiger partial charge in [0, 0.05) is 6.54 Å². The first-order valence-corrected chi connectivity index (χ1v) is 6.13. The highest BCUT2D eigenvalue weighted by atomic mass is 16.5. The molecule has 0 aliphatic heterocycles. The third kappa shape index (κ3) is 3.25. The lowest BCUT2D eigenvalue weighted by Crippen LogP contribution is -2.25. The fourth-order valence-corrected chi connectivity index (χ4v) is 1.91. The molecule has 112 valence electrons. The number of hydrogen-bond acceptors (Lipinski definition) is 8. The van der Waals surface area contributed by atoms with Crippen LogP contribution in [0.15, 0.2) is 12.5 Å². The number of esters is 2. The lowest BCUT2D eigenvalue weighted by atomic mass is 10.1. The van der Waals surface area contributed by atoms with Crippen LogP contribution in [0.3, 0.4) is 0 Å². The molecule has 9 heteroatoms. The molecular formula is C12H15N5O4. The molecule has 0 aliphatic rings. The van der Waals surface area contributed by atoms with Gasteiger partial charge in [-0.1, -0.05) is 0 Å². The van der Waals surface area contributed by atoms with Crippen LogP contribution >= 0.6 is 0 Å². The van der Waals surface area contributed by atoms with Gasteiger partial charge in [0.15, 0.2) is 5.65 Å². The van der Waals surface area contributed by atoms with Gasteiger partial charge in [0.05, 0.1) is 39.1 Å². The lowest BCUT2D eigenvalue weighted by molar-refractivity contribution is -0.152. The molecule has 1 atom stereocenters. The first-order valence-electron chi connectivity index (χ1n) is 6.13. The van der Waals surface area contributed by atoms with Crippen LogP contribution in [0.1, 0.15) is 6.42 Å². The Bertz CT molecular complexity index is 669. The van der Waals surface area contributed by atoms with Crippen molar-refractivity contribution in [1.29, 1.82) is 0 Å². The molecule has 1 unspecified atom stereocenters. The van der Waals surface area contributed by atoms with Crippen molar-refractivity contribution in [2.75, 3.05) is 20.0 Å². The van der Waals surface area contributed by atoms with Crippen LogP contribution in [-0.2, 0) is 25.6 Å². The zero-order valence-corrected chi connectivity index (χ0v) is 11.6. The molecule has 0 saturated carbocycles. The van der Waals surface area contributed by atoms with Crippen LogP contribution in [0.5, 0.6) is 0 Å². The summed E-state index contributed by atoms with van der Waals surface area (Å²) in [5.74, 6) is -1.60. The number of carbonyl (C=O) groups is 2. The van der Waals surface area contributed by atoms with E-state index in [2.05, 4.69) is 19.7 Å². The quantitative estimate of drug-likeness (QED) is 0.749. The molecule has 0 spiro atoms. The largest absolute Gasteiger partial charge is 0.469 e. The average Bonchev–Trinajstić information content (AvgIpc) is 2.87. The molecule has 0 aliphatic carbocycles. The van der Waals surface area contributed by atoms with E-state index in [0.29, 0.717) is 11.2 Å². The van der Waals surface area contributed by atoms with Gasteiger partial charge in [-0.25, -0.2) is 9.97 Å². The lowest BCUT2D eigenvalue weighted by Gasteiger charge is -2.14. The molecule has 0 amide bonds. The normalized spacial score (nSPS) is 12.1. The molecule has 9 nitrogen and oxygen atoms in total. The third-order valence-electron chi connectivity index (χ3n) is 2.97. The SMILES string of the molecule is COC(=O)CC(Cn1cnc2cnc(N)nc21)C(=O)OC. The van der Waals surface area contributed by atoms with Crippen LogP contribution in [0.2, 0.25) is 0 Å². The van der Waals surface area contributed by atoms with Crippen molar-refractivity contribution in [3.8, 4) is 0 Å². The smallest absolute Gasteiger partial charge is 0.311 e. The number of methoxy groups -OCH3 is 2. The number of nitrogens with two attached hydrogens (primary N) is 1. The fraction of sp³-hybridized carbons (Fsp3) is 0.417. The number of ether oxygens (including phenoxy) is 2. The van der Waals surface area contributed by atoms with E-state index in [-0.39, 0.29) is 18.9 Å². The number of hydrogen-bond donors (Lipinski definition) is 1. The number of aromatic nitrogens is 4. The number of imidazole rings is 1. The van der Waals surface area contributed by atoms with Crippen molar-refractivity contribution in [2.24, 2.45) is 5.92 Å². The first-order chi connectivity index (χ1) is 10.0. The number of rotatable bonds is 5. The molecule has 2 rings (SSSR count). The van der Waals surface area contributed by atoms with Crippen LogP contribution in [-0.4, -0.2) is 45.7 Å². The summed E-state index contributed by atoms with van der Waals surface area (Å²) in [6.45, 7) is 0.175. The zero-order valence-electron chi connectivity index (χ0n) is 11.6. The first kappa shape index (κ1) is 14.7. The molecule has 21 heavy (non-hydrogen) atoms. The monoisotopic (exact) mass is 293 g/mol. The molecule has 2 N–H and O–H groups in total. The molecule has 2 aromatic heterocycles. The summed E-state index contributed by atoms with van der Waals surface area (Å²) in [7, 11) is 2.52. The third-order valence-corrected chi connectivity index (χ3v) is 2.97. The molecule has 2 aromatic rings. The van der Waals surface area contributed by atoms with Gasteiger partial charge in [0.2, 0.25) is 5.95 Å². The number of nitrogen functional groups attached to an aromatic ring is 1. The number of fused-ring (bicyclic) bond motifs is 1. The van der Waals surface area contributed by atoms with Gasteiger partial charge in [-0.3, -0.25) is 9.59 Å². The van der Waals surface area contributed by atoms with Crippen molar-refractivity contribution in [3.63, 3.8) is 0 Å². The van der Waals surface area contributed by atoms with Gasteiger partial charge < -0.3 is 19.8 Å². The second-order valence-electron chi connectivity index (χ2n) is 4.33. The van der Waals surface area contributed by atoms with E-state index < -0.39 is 17.9 Å². The van der Waals surface area contributed by atoms with E-state index in [1.54, 1.807) is 4.57 Å². The standard InChI is InChI=1S/C12H15N5O4/c1-20-9(18)3-7(11(19)21-2)5-17-6-15-8-4-14-12(13)16-10(8)17/h4,6-7H,3,5H2,1-2H3,(H2,13,14,16). The summed E-state index contributed by atoms with van der Waals surface area (Å²) in [4.78, 5) is 35.2. The second kappa shape index (κ2) is 6.16. The zero-order chi connectivity index (χ0) is 15.4. The number of nitrogens with zero attached hydrogens (tertiary/aromatic N) is 4. The maximum absolute atomic E-state index is 11.8. The van der Waals surface area contributed by atoms with Gasteiger partial charge in [0.1, 0.15) is 5.52 Å². The molecule has 0 aromatic carbocycles. The predicted octanol–water partition coefficient (Wildman–Crippen LogP) is -0.239. The van der Waals surface area contributed by atoms with Gasteiger partial charge >= 0.3 is 11.9 Å². The van der Waals surface area contributed by atoms with Gasteiger partial charge in [0.25, 0.3) is 0 Å². The molecule has 2 heterocycles. The molecular weight excluding hydrogens is 278 g/mol. The highest BCUT2D eigenvalue weighted by Crippen LogP contribution is 2.15. The van der Waals surface area contributed by atoms with E-state index in [1.165, 1.54) is 26.7 Å². The maximum atomic E-state index is 11.8. The summed E-state index contributed by atoms with van der Waals surface area (Å²) in [5, 5.41) is 0. The van der Waals surface area contributed by atoms with Crippen molar-refractivity contribution >= 4 is 29.1 Å². The summed E-state index contributed by atoms with van der Waals surface area (Å²) < 4.78 is 10.9. The fourth-order valence-electron chi connectivity index (χ4n) is 1.91. The van der Waals surface area contributed by atoms with E-state index in [4.69, 9.17) is 10.5 Å². The highest BCUT2D eigenvalue weighted by molar-refractivity contribution is 5.80. The Morgan fingerprint density at radius 2 is 2.10 bits per heavy atom. The van der Waals surface area contributed by atoms with Crippen LogP contribution in [0, 0.1) is 5.92 Å². The summed E-state index contributed by atoms with van der Waals surface area (Å²) in [6, 6.07) is 0. The van der Waals surface area contributed by atoms with Crippen LogP contribution in [0.4, 0.5) is 5.95 Å². The number of anilines is 1. The van der Waals surface area contributed by atoms with E-state index in [9.17, 15) is 9.59 Å². The molecule has 0 saturated heterocycles. The molecule has 0 bridgehead atoms. The van der Waals surface area contributed by atoms with E-state index in [1.807, 2.05) is 0 Å². The predicted molar refractivity (Wildman–Crippen MR) is 71.9 cm³/mol. The van der Waals surface area contributed by atoms with Crippen molar-refractivity contribution < 1.29 is 19.1 Å². The van der Waals surface area contributed by atoms with Crippen LogP contribution in [0.25, 0.3) is 11.2 Å². The average molecular weight is 293 g/mol. The Labute approximate surface area is 120 Å². The summed E-state index contributed by atoms with van der Waals surface area (Å²) >= 11 is 0. The van der Waals surface area contributed by atoms with Gasteiger partial charge in [-0.2, -0.15) is 4.98 Å². The number of carbonyl (C=O) groups excluding carboxylic acids is 2. The Morgan fingerprint density at radius 1 is 1.33 bits per heavy atom. The Kier molecular flexibility index (Phi) is 4.31. The van der Waals surface area contributed by atoms with Crippen molar-refractivity contribution in [1.82, 2.24) is 19.5 Å². The minimum Gasteiger partial charge on any atom is -0.469 e. The van der Waals surface area contributed by atoms with Crippen molar-refractivity contribution in [3.05, 3.63) is 12.5 Å². The highest BCUT2D eigenvalue weighted by Gasteiger charge is 2.24. The summed E-state index contributed by atoms with van der Waals surface area (Å²) in [6.07, 6.45) is 2.90. The Morgan fingerprint density at radius 3 is 2.76 bits per heavy atom. The Hall–Kier alpha value is -2.71. The minimum absolute atomic E-state index is 0.0938. The van der Waals surface area contributed by atoms with Crippen molar-refractivity contribution in [2.45, 2.75) is 13.0 Å². The Balaban J connectivity index is 2.27. The minimum atomic E-state index is -0.698. The van der Waals surface area contributed by atoms with E-state index in [0.717, 1.165) is 0 Å².